The van der Waals surface area contributed by atoms with Gasteiger partial charge >= 0.3 is 0 Å². The average Bonchev–Trinajstić information content (AvgIpc) is 2.65. The van der Waals surface area contributed by atoms with Crippen molar-refractivity contribution in [1.82, 2.24) is 0 Å². The van der Waals surface area contributed by atoms with Crippen molar-refractivity contribution in [1.29, 1.82) is 0 Å². The third kappa shape index (κ3) is 4.31. The molecule has 0 spiro atoms. The summed E-state index contributed by atoms with van der Waals surface area (Å²) >= 11 is 0. The number of hydrogen-bond acceptors (Lipinski definition) is 1. The standard InChI is InChI=1S/C25H35N/c1-3-4-8-17-25(19-21-13-15-22(26)16-14-21)18-9-7-12-24(25)23-11-6-5-10-20(23)2/h5-6,10-11,13-16,24H,3-4,7-9,12,17-19,26H2,1-2H3. The zero-order valence-electron chi connectivity index (χ0n) is 16.6. The van der Waals surface area contributed by atoms with Gasteiger partial charge in [0.25, 0.3) is 0 Å². The topological polar surface area (TPSA) is 26.0 Å². The van der Waals surface area contributed by atoms with Gasteiger partial charge in [-0.1, -0.05) is 75.4 Å². The van der Waals surface area contributed by atoms with Crippen molar-refractivity contribution in [3.63, 3.8) is 0 Å². The van der Waals surface area contributed by atoms with E-state index in [1.54, 1.807) is 5.56 Å². The van der Waals surface area contributed by atoms with Gasteiger partial charge in [0.15, 0.2) is 0 Å². The number of rotatable bonds is 7. The zero-order chi connectivity index (χ0) is 18.4. The highest BCUT2D eigenvalue weighted by Gasteiger charge is 2.41. The molecule has 1 heteroatoms. The van der Waals surface area contributed by atoms with Crippen molar-refractivity contribution in [2.75, 3.05) is 5.73 Å². The van der Waals surface area contributed by atoms with E-state index in [1.807, 2.05) is 0 Å². The minimum Gasteiger partial charge on any atom is -0.399 e. The zero-order valence-corrected chi connectivity index (χ0v) is 16.6. The lowest BCUT2D eigenvalue weighted by molar-refractivity contribution is 0.129. The van der Waals surface area contributed by atoms with Crippen LogP contribution in [0.2, 0.25) is 0 Å². The fourth-order valence-corrected chi connectivity index (χ4v) is 5.14. The Hall–Kier alpha value is -1.76. The number of hydrogen-bond donors (Lipinski definition) is 1. The first-order valence-corrected chi connectivity index (χ1v) is 10.5. The van der Waals surface area contributed by atoms with Gasteiger partial charge in [-0.2, -0.15) is 0 Å². The molecule has 2 N–H and O–H groups in total. The molecule has 0 bridgehead atoms. The molecule has 2 atom stereocenters. The van der Waals surface area contributed by atoms with Crippen LogP contribution in [0.1, 0.15) is 80.9 Å². The van der Waals surface area contributed by atoms with E-state index in [0.29, 0.717) is 11.3 Å². The van der Waals surface area contributed by atoms with E-state index >= 15 is 0 Å². The average molecular weight is 350 g/mol. The molecule has 1 fully saturated rings. The summed E-state index contributed by atoms with van der Waals surface area (Å²) < 4.78 is 0. The normalized spacial score (nSPS) is 23.1. The van der Waals surface area contributed by atoms with Crippen LogP contribution >= 0.6 is 0 Å². The number of benzene rings is 2. The van der Waals surface area contributed by atoms with Crippen molar-refractivity contribution >= 4 is 5.69 Å². The van der Waals surface area contributed by atoms with Gasteiger partial charge in [0, 0.05) is 5.69 Å². The fraction of sp³-hybridized carbons (Fsp3) is 0.520. The van der Waals surface area contributed by atoms with Crippen molar-refractivity contribution in [3.8, 4) is 0 Å². The van der Waals surface area contributed by atoms with E-state index in [9.17, 15) is 0 Å². The van der Waals surface area contributed by atoms with Crippen molar-refractivity contribution in [3.05, 3.63) is 65.2 Å². The first-order valence-electron chi connectivity index (χ1n) is 10.5. The minimum atomic E-state index is 0.398. The van der Waals surface area contributed by atoms with Gasteiger partial charge in [0.2, 0.25) is 0 Å². The molecule has 0 aliphatic heterocycles. The van der Waals surface area contributed by atoms with Crippen LogP contribution in [0.15, 0.2) is 48.5 Å². The van der Waals surface area contributed by atoms with Crippen LogP contribution in [0.5, 0.6) is 0 Å². The van der Waals surface area contributed by atoms with E-state index < -0.39 is 0 Å². The lowest BCUT2D eigenvalue weighted by Gasteiger charge is -2.46. The number of aryl methyl sites for hydroxylation is 1. The maximum absolute atomic E-state index is 5.93. The second kappa shape index (κ2) is 8.75. The molecule has 1 saturated carbocycles. The lowest BCUT2D eigenvalue weighted by atomic mass is 9.58. The molecule has 2 aromatic carbocycles. The summed E-state index contributed by atoms with van der Waals surface area (Å²) in [6.07, 6.45) is 12.0. The van der Waals surface area contributed by atoms with Gasteiger partial charge in [-0.05, 0) is 72.8 Å². The van der Waals surface area contributed by atoms with Crippen molar-refractivity contribution < 1.29 is 0 Å². The Morgan fingerprint density at radius 3 is 2.50 bits per heavy atom. The molecule has 3 rings (SSSR count). The SMILES string of the molecule is CCCCCC1(Cc2ccc(N)cc2)CCCCC1c1ccccc1C. The first-order chi connectivity index (χ1) is 12.6. The fourth-order valence-electron chi connectivity index (χ4n) is 5.14. The van der Waals surface area contributed by atoms with Crippen LogP contribution in [-0.2, 0) is 6.42 Å². The summed E-state index contributed by atoms with van der Waals surface area (Å²) in [4.78, 5) is 0. The molecule has 1 aliphatic carbocycles. The molecule has 0 amide bonds. The summed E-state index contributed by atoms with van der Waals surface area (Å²) in [6, 6.07) is 17.7. The van der Waals surface area contributed by atoms with Crippen molar-refractivity contribution in [2.24, 2.45) is 5.41 Å². The number of anilines is 1. The van der Waals surface area contributed by atoms with Gasteiger partial charge in [0.05, 0.1) is 0 Å². The second-order valence-corrected chi connectivity index (χ2v) is 8.39. The maximum Gasteiger partial charge on any atom is 0.0314 e. The number of nitrogen functional groups attached to an aromatic ring is 1. The molecule has 0 saturated heterocycles. The Bertz CT molecular complexity index is 688. The van der Waals surface area contributed by atoms with Gasteiger partial charge in [0.1, 0.15) is 0 Å². The van der Waals surface area contributed by atoms with E-state index in [4.69, 9.17) is 5.73 Å². The van der Waals surface area contributed by atoms with Gasteiger partial charge in [-0.15, -0.1) is 0 Å². The smallest absolute Gasteiger partial charge is 0.0314 e. The molecule has 1 aliphatic rings. The Kier molecular flexibility index (Phi) is 6.40. The van der Waals surface area contributed by atoms with Crippen LogP contribution in [0.3, 0.4) is 0 Å². The number of unbranched alkanes of at least 4 members (excludes halogenated alkanes) is 2. The van der Waals surface area contributed by atoms with E-state index in [-0.39, 0.29) is 0 Å². The van der Waals surface area contributed by atoms with Crippen LogP contribution in [0.25, 0.3) is 0 Å². The Morgan fingerprint density at radius 2 is 1.77 bits per heavy atom. The Morgan fingerprint density at radius 1 is 1.00 bits per heavy atom. The molecule has 0 heterocycles. The molecular formula is C25H35N. The maximum atomic E-state index is 5.93. The summed E-state index contributed by atoms with van der Waals surface area (Å²) in [6.45, 7) is 4.61. The quantitative estimate of drug-likeness (QED) is 0.421. The largest absolute Gasteiger partial charge is 0.399 e. The van der Waals surface area contributed by atoms with Crippen molar-refractivity contribution in [2.45, 2.75) is 77.6 Å². The highest BCUT2D eigenvalue weighted by molar-refractivity contribution is 5.40. The van der Waals surface area contributed by atoms with Crippen LogP contribution in [-0.4, -0.2) is 0 Å². The van der Waals surface area contributed by atoms with Gasteiger partial charge in [-0.25, -0.2) is 0 Å². The molecule has 0 aromatic heterocycles. The predicted molar refractivity (Wildman–Crippen MR) is 114 cm³/mol. The second-order valence-electron chi connectivity index (χ2n) is 8.39. The highest BCUT2D eigenvalue weighted by atomic mass is 14.5. The molecule has 2 unspecified atom stereocenters. The van der Waals surface area contributed by atoms with E-state index in [1.165, 1.54) is 68.9 Å². The molecular weight excluding hydrogens is 314 g/mol. The van der Waals surface area contributed by atoms with Crippen LogP contribution < -0.4 is 5.73 Å². The van der Waals surface area contributed by atoms with Gasteiger partial charge in [-0.3, -0.25) is 0 Å². The summed E-state index contributed by atoms with van der Waals surface area (Å²) in [7, 11) is 0. The third-order valence-electron chi connectivity index (χ3n) is 6.53. The molecule has 2 aromatic rings. The summed E-state index contributed by atoms with van der Waals surface area (Å²) in [5, 5.41) is 0. The highest BCUT2D eigenvalue weighted by Crippen LogP contribution is 2.53. The van der Waals surface area contributed by atoms with E-state index in [2.05, 4.69) is 62.4 Å². The Labute approximate surface area is 160 Å². The lowest BCUT2D eigenvalue weighted by Crippen LogP contribution is -2.35. The molecule has 140 valence electrons. The molecule has 26 heavy (non-hydrogen) atoms. The summed E-state index contributed by atoms with van der Waals surface area (Å²) in [5.74, 6) is 0.687. The van der Waals surface area contributed by atoms with Crippen LogP contribution in [0, 0.1) is 12.3 Å². The Balaban J connectivity index is 1.95. The summed E-state index contributed by atoms with van der Waals surface area (Å²) in [5.41, 5.74) is 11.7. The molecule has 0 radical (unpaired) electrons. The minimum absolute atomic E-state index is 0.398. The monoisotopic (exact) mass is 349 g/mol. The van der Waals surface area contributed by atoms with E-state index in [0.717, 1.165) is 5.69 Å². The van der Waals surface area contributed by atoms with Crippen LogP contribution in [0.4, 0.5) is 5.69 Å². The van der Waals surface area contributed by atoms with Gasteiger partial charge < -0.3 is 5.73 Å². The number of nitrogens with two attached hydrogens (primary N) is 1. The molecule has 1 nitrogen and oxygen atoms in total. The predicted octanol–water partition coefficient (Wildman–Crippen LogP) is 7.04. The third-order valence-corrected chi connectivity index (χ3v) is 6.53. The first kappa shape index (κ1) is 19.0.